The summed E-state index contributed by atoms with van der Waals surface area (Å²) in [6.07, 6.45) is -20.1. The molecular formula is C50H76O20. The Morgan fingerprint density at radius 1 is 0.700 bits per heavy atom. The van der Waals surface area contributed by atoms with Crippen molar-refractivity contribution in [1.82, 2.24) is 0 Å². The molecule has 0 aromatic heterocycles. The zero-order valence-electron chi connectivity index (χ0n) is 41.6. The number of hydrogen-bond donors (Lipinski definition) is 9. The summed E-state index contributed by atoms with van der Waals surface area (Å²) in [5, 5.41) is 99.4. The first-order valence-corrected chi connectivity index (χ1v) is 25.0. The summed E-state index contributed by atoms with van der Waals surface area (Å²) in [6.45, 7) is 15.7. The SMILES string of the molecule is CC(=O)OC[C@H]1O[C@@H](OC[C@H]2O[C@@H](OC(=O)[C@@]34CC[C@]5(C)[C@H](C=C(O)[C@@H]6[C@@]7(C)CCC(=O)C(C)(C)[C@@H]7CC[C@]65C)[C@@H]3CC(C)(C)C(=O)C4)[C@H](O)[C@@H](O)[C@@H]2O)[C@H](O)[C@@H](O)[C@@H]1O[C@@H]1O[C@@H](C)[C@H](O)[C@@H](O)[C@H]1O. The van der Waals surface area contributed by atoms with Crippen molar-refractivity contribution in [2.75, 3.05) is 13.2 Å². The summed E-state index contributed by atoms with van der Waals surface area (Å²) >= 11 is 0. The highest BCUT2D eigenvalue weighted by Crippen LogP contribution is 2.76. The van der Waals surface area contributed by atoms with E-state index < -0.39 is 150 Å². The van der Waals surface area contributed by atoms with Crippen molar-refractivity contribution in [3.05, 3.63) is 11.8 Å². The topological polar surface area (TPSA) is 315 Å². The van der Waals surface area contributed by atoms with Crippen LogP contribution in [0.4, 0.5) is 0 Å². The van der Waals surface area contributed by atoms with Gasteiger partial charge in [0, 0.05) is 36.5 Å². The molecule has 70 heavy (non-hydrogen) atoms. The number of aliphatic hydroxyl groups is 9. The van der Waals surface area contributed by atoms with Crippen LogP contribution in [0, 0.1) is 56.2 Å². The first kappa shape index (κ1) is 53.6. The highest BCUT2D eigenvalue weighted by Gasteiger charge is 2.73. The molecule has 4 saturated carbocycles. The molecule has 3 heterocycles. The molecule has 0 unspecified atom stereocenters. The van der Waals surface area contributed by atoms with E-state index in [4.69, 9.17) is 33.2 Å². The number of allylic oxidation sites excluding steroid dienone is 2. The molecular weight excluding hydrogens is 921 g/mol. The number of hydrogen-bond acceptors (Lipinski definition) is 20. The Bertz CT molecular complexity index is 2060. The molecule has 20 nitrogen and oxygen atoms in total. The van der Waals surface area contributed by atoms with Crippen LogP contribution in [-0.2, 0) is 52.3 Å². The number of carbonyl (C=O) groups is 4. The standard InChI is InChI=1S/C50H76O20/c1-21-31(55)33(57)36(60)42(66-21)69-39-27(20-64-22(2)51)68-41(38(62)35(39)59)65-19-26-32(56)34(58)37(61)43(67-26)70-44(63)50-15-14-48(8)23(24(50)17-45(3,4)30(54)18-50)16-25(52)40-47(7)12-11-29(53)46(5,6)28(47)10-13-49(40,48)9/h16,21,23-24,26-28,31-43,52,55-62H,10-15,17-20H2,1-9H3/t21-,23+,24-,26+,27+,28-,31-,32+,33+,34-,35+,36+,37+,38+,39+,40+,41+,42-,43-,47-,48+,49+,50+/m0/s1. The van der Waals surface area contributed by atoms with Crippen molar-refractivity contribution in [3.63, 3.8) is 0 Å². The van der Waals surface area contributed by atoms with Gasteiger partial charge in [-0.15, -0.1) is 0 Å². The fraction of sp³-hybridized carbons (Fsp3) is 0.880. The average molecular weight is 997 g/mol. The highest BCUT2D eigenvalue weighted by atomic mass is 16.8. The number of aliphatic hydroxyl groups excluding tert-OH is 9. The summed E-state index contributed by atoms with van der Waals surface area (Å²) in [4.78, 5) is 54.2. The van der Waals surface area contributed by atoms with Crippen LogP contribution < -0.4 is 0 Å². The Morgan fingerprint density at radius 2 is 1.33 bits per heavy atom. The molecule has 3 aliphatic heterocycles. The number of esters is 2. The monoisotopic (exact) mass is 996 g/mol. The fourth-order valence-electron chi connectivity index (χ4n) is 14.8. The first-order chi connectivity index (χ1) is 32.5. The minimum Gasteiger partial charge on any atom is -0.512 e. The van der Waals surface area contributed by atoms with Gasteiger partial charge >= 0.3 is 11.9 Å². The first-order valence-electron chi connectivity index (χ1n) is 25.0. The Labute approximate surface area is 407 Å². The van der Waals surface area contributed by atoms with Gasteiger partial charge in [0.2, 0.25) is 6.29 Å². The van der Waals surface area contributed by atoms with Gasteiger partial charge < -0.3 is 79.1 Å². The van der Waals surface area contributed by atoms with E-state index in [9.17, 15) is 60.3 Å². The molecule has 0 radical (unpaired) electrons. The van der Waals surface area contributed by atoms with Gasteiger partial charge in [-0.3, -0.25) is 19.2 Å². The summed E-state index contributed by atoms with van der Waals surface area (Å²) in [5.74, 6) is -2.39. The van der Waals surface area contributed by atoms with Crippen molar-refractivity contribution >= 4 is 23.5 Å². The second kappa shape index (κ2) is 18.6. The summed E-state index contributed by atoms with van der Waals surface area (Å²) in [6, 6.07) is 0. The van der Waals surface area contributed by atoms with E-state index in [-0.39, 0.29) is 59.8 Å². The molecule has 20 heteroatoms. The van der Waals surface area contributed by atoms with E-state index >= 15 is 4.79 Å². The fourth-order valence-corrected chi connectivity index (χ4v) is 14.8. The van der Waals surface area contributed by atoms with Crippen LogP contribution in [0.5, 0.6) is 0 Å². The molecule has 23 atom stereocenters. The van der Waals surface area contributed by atoms with E-state index in [1.807, 2.05) is 33.8 Å². The Hall–Kier alpha value is -2.70. The Kier molecular flexibility index (Phi) is 14.2. The summed E-state index contributed by atoms with van der Waals surface area (Å²) < 4.78 is 40.0. The molecule has 396 valence electrons. The lowest BCUT2D eigenvalue weighted by Gasteiger charge is -2.71. The number of ether oxygens (including phenoxy) is 7. The van der Waals surface area contributed by atoms with E-state index in [0.717, 1.165) is 19.8 Å². The maximum atomic E-state index is 15.0. The van der Waals surface area contributed by atoms with Crippen molar-refractivity contribution in [3.8, 4) is 0 Å². The number of carbonyl (C=O) groups excluding carboxylic acids is 4. The van der Waals surface area contributed by atoms with Crippen LogP contribution in [0.3, 0.4) is 0 Å². The van der Waals surface area contributed by atoms with Gasteiger partial charge in [0.15, 0.2) is 12.6 Å². The minimum absolute atomic E-state index is 0.0577. The lowest BCUT2D eigenvalue weighted by molar-refractivity contribution is -0.361. The van der Waals surface area contributed by atoms with Gasteiger partial charge in [-0.1, -0.05) is 48.5 Å². The van der Waals surface area contributed by atoms with Crippen molar-refractivity contribution in [1.29, 1.82) is 0 Å². The summed E-state index contributed by atoms with van der Waals surface area (Å²) in [5.41, 5.74) is -4.11. The quantitative estimate of drug-likeness (QED) is 0.145. The molecule has 7 fully saturated rings. The van der Waals surface area contributed by atoms with Gasteiger partial charge in [0.1, 0.15) is 85.3 Å². The van der Waals surface area contributed by atoms with E-state index in [0.29, 0.717) is 19.3 Å². The van der Waals surface area contributed by atoms with Gasteiger partial charge in [0.05, 0.1) is 23.9 Å². The average Bonchev–Trinajstić information content (AvgIpc) is 3.28. The molecule has 0 bridgehead atoms. The Morgan fingerprint density at radius 3 is 2.00 bits per heavy atom. The zero-order chi connectivity index (χ0) is 51.6. The van der Waals surface area contributed by atoms with Gasteiger partial charge in [-0.25, -0.2) is 0 Å². The van der Waals surface area contributed by atoms with Crippen molar-refractivity contribution in [2.24, 2.45) is 56.2 Å². The van der Waals surface area contributed by atoms with Crippen LogP contribution in [0.25, 0.3) is 0 Å². The van der Waals surface area contributed by atoms with Crippen LogP contribution in [0.1, 0.15) is 114 Å². The van der Waals surface area contributed by atoms with Crippen LogP contribution in [0.15, 0.2) is 11.8 Å². The predicted octanol–water partition coefficient (Wildman–Crippen LogP) is 0.868. The van der Waals surface area contributed by atoms with Crippen molar-refractivity contribution in [2.45, 2.75) is 206 Å². The van der Waals surface area contributed by atoms with Crippen LogP contribution in [-0.4, -0.2) is 175 Å². The number of Topliss-reactive ketones (excluding diaryl/α,β-unsaturated/α-hetero) is 2. The summed E-state index contributed by atoms with van der Waals surface area (Å²) in [7, 11) is 0. The minimum atomic E-state index is -1.97. The second-order valence-electron chi connectivity index (χ2n) is 23.9. The largest absolute Gasteiger partial charge is 0.512 e. The third kappa shape index (κ3) is 8.40. The maximum absolute atomic E-state index is 15.0. The highest BCUT2D eigenvalue weighted by molar-refractivity contribution is 5.92. The molecule has 0 aromatic rings. The maximum Gasteiger partial charge on any atom is 0.315 e. The van der Waals surface area contributed by atoms with E-state index in [2.05, 4.69) is 20.8 Å². The van der Waals surface area contributed by atoms with Crippen LogP contribution >= 0.6 is 0 Å². The molecule has 8 rings (SSSR count). The third-order valence-electron chi connectivity index (χ3n) is 19.3. The van der Waals surface area contributed by atoms with Gasteiger partial charge in [-0.2, -0.15) is 0 Å². The predicted molar refractivity (Wildman–Crippen MR) is 239 cm³/mol. The lowest BCUT2D eigenvalue weighted by Crippen LogP contribution is -2.68. The molecule has 0 amide bonds. The normalized spacial score (nSPS) is 50.9. The van der Waals surface area contributed by atoms with E-state index in [1.165, 1.54) is 6.92 Å². The van der Waals surface area contributed by atoms with E-state index in [1.54, 1.807) is 0 Å². The molecule has 0 spiro atoms. The second-order valence-corrected chi connectivity index (χ2v) is 23.9. The molecule has 0 aromatic carbocycles. The van der Waals surface area contributed by atoms with Gasteiger partial charge in [-0.05, 0) is 85.5 Å². The molecule has 5 aliphatic carbocycles. The lowest BCUT2D eigenvalue weighted by atomic mass is 9.32. The number of fused-ring (bicyclic) bond motifs is 7. The zero-order valence-corrected chi connectivity index (χ0v) is 41.6. The van der Waals surface area contributed by atoms with Gasteiger partial charge in [0.25, 0.3) is 0 Å². The molecule has 9 N–H and O–H groups in total. The molecule has 3 saturated heterocycles. The Balaban J connectivity index is 1.01. The smallest absolute Gasteiger partial charge is 0.315 e. The number of rotatable bonds is 9. The van der Waals surface area contributed by atoms with Crippen molar-refractivity contribution < 1.29 is 98.3 Å². The number of ketones is 2. The third-order valence-corrected chi connectivity index (χ3v) is 19.3. The van der Waals surface area contributed by atoms with Crippen LogP contribution in [0.2, 0.25) is 0 Å². The molecule has 8 aliphatic rings.